The fourth-order valence-electron chi connectivity index (χ4n) is 3.99. The molecule has 0 aromatic heterocycles. The third-order valence-electron chi connectivity index (χ3n) is 5.80. The molecule has 1 saturated heterocycles. The number of piperidine rings is 1. The summed E-state index contributed by atoms with van der Waals surface area (Å²) in [5.41, 5.74) is 1.92. The predicted octanol–water partition coefficient (Wildman–Crippen LogP) is 4.24. The number of nitrogens with zero attached hydrogens (tertiary/aromatic N) is 1. The third-order valence-corrected chi connectivity index (χ3v) is 5.80. The average Bonchev–Trinajstić information content (AvgIpc) is 2.89. The molecule has 8 nitrogen and oxygen atoms in total. The normalized spacial score (nSPS) is 15.4. The summed E-state index contributed by atoms with van der Waals surface area (Å²) in [6.45, 7) is 1.41. The molecule has 2 aromatic rings. The van der Waals surface area contributed by atoms with Crippen molar-refractivity contribution < 1.29 is 33.3 Å². The lowest BCUT2D eigenvalue weighted by Crippen LogP contribution is -2.43. The lowest BCUT2D eigenvalue weighted by molar-refractivity contribution is -0.150. The van der Waals surface area contributed by atoms with Gasteiger partial charge in [0.2, 0.25) is 5.75 Å². The van der Waals surface area contributed by atoms with Gasteiger partial charge in [0.25, 0.3) is 0 Å². The van der Waals surface area contributed by atoms with Gasteiger partial charge >= 0.3 is 12.1 Å². The second kappa shape index (κ2) is 12.7. The van der Waals surface area contributed by atoms with Gasteiger partial charge in [-0.2, -0.15) is 0 Å². The summed E-state index contributed by atoms with van der Waals surface area (Å²) in [5.74, 6) is 1.12. The molecule has 3 rings (SSSR count). The standard InChI is InChI=1S/C26H33NO7/c1-30-22-15-20(16-23(31-2)24(22)32-3)11-8-14-33-25(28)21-12-7-13-27(17-21)26(29)34-18-19-9-5-4-6-10-19/h4-6,9-10,15-16,21H,7-8,11-14,17-18H2,1-3H3/t21-/m1/s1. The van der Waals surface area contributed by atoms with Crippen LogP contribution in [0.4, 0.5) is 4.79 Å². The molecule has 0 unspecified atom stereocenters. The summed E-state index contributed by atoms with van der Waals surface area (Å²) in [7, 11) is 4.72. The summed E-state index contributed by atoms with van der Waals surface area (Å²) in [6, 6.07) is 13.3. The zero-order valence-corrected chi connectivity index (χ0v) is 20.1. The van der Waals surface area contributed by atoms with E-state index in [1.54, 1.807) is 26.2 Å². The predicted molar refractivity (Wildman–Crippen MR) is 126 cm³/mol. The summed E-state index contributed by atoms with van der Waals surface area (Å²) in [5, 5.41) is 0. The molecule has 1 aliphatic rings. The van der Waals surface area contributed by atoms with Crippen LogP contribution in [0.3, 0.4) is 0 Å². The maximum Gasteiger partial charge on any atom is 0.410 e. The molecule has 0 bridgehead atoms. The van der Waals surface area contributed by atoms with Crippen molar-refractivity contribution in [1.82, 2.24) is 4.90 Å². The minimum Gasteiger partial charge on any atom is -0.493 e. The van der Waals surface area contributed by atoms with Crippen molar-refractivity contribution in [2.45, 2.75) is 32.3 Å². The van der Waals surface area contributed by atoms with Crippen LogP contribution in [-0.4, -0.2) is 58.0 Å². The highest BCUT2D eigenvalue weighted by Crippen LogP contribution is 2.38. The van der Waals surface area contributed by atoms with Crippen molar-refractivity contribution in [2.24, 2.45) is 5.92 Å². The molecule has 2 aromatic carbocycles. The van der Waals surface area contributed by atoms with E-state index in [-0.39, 0.29) is 18.5 Å². The molecule has 0 N–H and O–H groups in total. The van der Waals surface area contributed by atoms with Gasteiger partial charge in [0, 0.05) is 13.1 Å². The Kier molecular flexibility index (Phi) is 9.43. The number of hydrogen-bond donors (Lipinski definition) is 0. The minimum absolute atomic E-state index is 0.215. The molecule has 0 saturated carbocycles. The lowest BCUT2D eigenvalue weighted by Gasteiger charge is -2.30. The van der Waals surface area contributed by atoms with Crippen molar-refractivity contribution in [1.29, 1.82) is 0 Å². The van der Waals surface area contributed by atoms with E-state index in [9.17, 15) is 9.59 Å². The molecule has 1 amide bonds. The first-order valence-electron chi connectivity index (χ1n) is 11.5. The fraction of sp³-hybridized carbons (Fsp3) is 0.462. The second-order valence-corrected chi connectivity index (χ2v) is 8.13. The van der Waals surface area contributed by atoms with Crippen LogP contribution in [0.5, 0.6) is 17.2 Å². The smallest absolute Gasteiger partial charge is 0.410 e. The molecule has 1 aliphatic heterocycles. The maximum absolute atomic E-state index is 12.6. The lowest BCUT2D eigenvalue weighted by atomic mass is 9.98. The van der Waals surface area contributed by atoms with Gasteiger partial charge in [-0.3, -0.25) is 4.79 Å². The molecule has 1 heterocycles. The first kappa shape index (κ1) is 25.2. The monoisotopic (exact) mass is 471 g/mol. The van der Waals surface area contributed by atoms with Gasteiger partial charge in [0.1, 0.15) is 6.61 Å². The number of amides is 1. The first-order valence-corrected chi connectivity index (χ1v) is 11.5. The maximum atomic E-state index is 12.6. The van der Waals surface area contributed by atoms with Crippen LogP contribution in [-0.2, 0) is 27.3 Å². The Hall–Kier alpha value is -3.42. The van der Waals surface area contributed by atoms with Gasteiger partial charge < -0.3 is 28.6 Å². The van der Waals surface area contributed by atoms with Gasteiger partial charge in [-0.1, -0.05) is 30.3 Å². The SMILES string of the molecule is COc1cc(CCCOC(=O)[C@@H]2CCCN(C(=O)OCc3ccccc3)C2)cc(OC)c1OC. The van der Waals surface area contributed by atoms with Gasteiger partial charge in [0.15, 0.2) is 11.5 Å². The quantitative estimate of drug-likeness (QED) is 0.379. The largest absolute Gasteiger partial charge is 0.493 e. The minimum atomic E-state index is -0.399. The van der Waals surface area contributed by atoms with E-state index in [1.807, 2.05) is 42.5 Å². The average molecular weight is 472 g/mol. The van der Waals surface area contributed by atoms with Crippen LogP contribution in [0.15, 0.2) is 42.5 Å². The number of ether oxygens (including phenoxy) is 5. The molecule has 1 fully saturated rings. The fourth-order valence-corrected chi connectivity index (χ4v) is 3.99. The van der Waals surface area contributed by atoms with Crippen LogP contribution >= 0.6 is 0 Å². The molecular formula is C26H33NO7. The molecule has 184 valence electrons. The number of likely N-dealkylation sites (tertiary alicyclic amines) is 1. The van der Waals surface area contributed by atoms with Crippen LogP contribution in [0.1, 0.15) is 30.4 Å². The Labute approximate surface area is 200 Å². The highest BCUT2D eigenvalue weighted by Gasteiger charge is 2.30. The number of benzene rings is 2. The summed E-state index contributed by atoms with van der Waals surface area (Å²) >= 11 is 0. The Bertz CT molecular complexity index is 922. The molecular weight excluding hydrogens is 438 g/mol. The number of hydrogen-bond acceptors (Lipinski definition) is 7. The highest BCUT2D eigenvalue weighted by atomic mass is 16.6. The van der Waals surface area contributed by atoms with Crippen molar-refractivity contribution in [3.8, 4) is 17.2 Å². The highest BCUT2D eigenvalue weighted by molar-refractivity contribution is 5.74. The Balaban J connectivity index is 1.43. The molecule has 0 radical (unpaired) electrons. The van der Waals surface area contributed by atoms with Gasteiger partial charge in [-0.15, -0.1) is 0 Å². The number of carbonyl (C=O) groups excluding carboxylic acids is 2. The molecule has 34 heavy (non-hydrogen) atoms. The zero-order chi connectivity index (χ0) is 24.3. The van der Waals surface area contributed by atoms with Gasteiger partial charge in [0.05, 0.1) is 33.9 Å². The van der Waals surface area contributed by atoms with E-state index in [0.717, 1.165) is 17.5 Å². The van der Waals surface area contributed by atoms with E-state index >= 15 is 0 Å². The third kappa shape index (κ3) is 6.79. The summed E-state index contributed by atoms with van der Waals surface area (Å²) in [6.07, 6.45) is 2.38. The van der Waals surface area contributed by atoms with Crippen molar-refractivity contribution in [3.63, 3.8) is 0 Å². The van der Waals surface area contributed by atoms with E-state index in [2.05, 4.69) is 0 Å². The van der Waals surface area contributed by atoms with Crippen molar-refractivity contribution in [2.75, 3.05) is 41.0 Å². The molecule has 0 aliphatic carbocycles. The molecule has 1 atom stereocenters. The Morgan fingerprint density at radius 3 is 2.29 bits per heavy atom. The van der Waals surface area contributed by atoms with Gasteiger partial charge in [-0.25, -0.2) is 4.79 Å². The number of methoxy groups -OCH3 is 3. The van der Waals surface area contributed by atoms with E-state index in [0.29, 0.717) is 56.2 Å². The molecule has 0 spiro atoms. The Morgan fingerprint density at radius 2 is 1.65 bits per heavy atom. The van der Waals surface area contributed by atoms with E-state index in [1.165, 1.54) is 0 Å². The first-order chi connectivity index (χ1) is 16.5. The summed E-state index contributed by atoms with van der Waals surface area (Å²) < 4.78 is 27.0. The zero-order valence-electron chi connectivity index (χ0n) is 20.1. The number of carbonyl (C=O) groups is 2. The number of aryl methyl sites for hydroxylation is 1. The topological polar surface area (TPSA) is 83.5 Å². The van der Waals surface area contributed by atoms with E-state index < -0.39 is 6.09 Å². The van der Waals surface area contributed by atoms with Crippen LogP contribution in [0.25, 0.3) is 0 Å². The van der Waals surface area contributed by atoms with Crippen LogP contribution in [0, 0.1) is 5.92 Å². The molecule has 8 heteroatoms. The van der Waals surface area contributed by atoms with Crippen molar-refractivity contribution in [3.05, 3.63) is 53.6 Å². The Morgan fingerprint density at radius 1 is 0.941 bits per heavy atom. The van der Waals surface area contributed by atoms with Gasteiger partial charge in [-0.05, 0) is 48.9 Å². The summed E-state index contributed by atoms with van der Waals surface area (Å²) in [4.78, 5) is 26.6. The number of rotatable bonds is 10. The van der Waals surface area contributed by atoms with E-state index in [4.69, 9.17) is 23.7 Å². The second-order valence-electron chi connectivity index (χ2n) is 8.13. The van der Waals surface area contributed by atoms with Crippen LogP contribution in [0.2, 0.25) is 0 Å². The van der Waals surface area contributed by atoms with Crippen LogP contribution < -0.4 is 14.2 Å². The van der Waals surface area contributed by atoms with Crippen molar-refractivity contribution >= 4 is 12.1 Å². The number of esters is 1.